The number of amides is 2. The van der Waals surface area contributed by atoms with Crippen molar-refractivity contribution in [3.8, 4) is 0 Å². The minimum atomic E-state index is -1.49. The number of nitrogens with zero attached hydrogens (tertiary/aromatic N) is 1. The highest BCUT2D eigenvalue weighted by Crippen LogP contribution is 2.26. The van der Waals surface area contributed by atoms with E-state index >= 15 is 0 Å². The zero-order valence-corrected chi connectivity index (χ0v) is 15.3. The van der Waals surface area contributed by atoms with Gasteiger partial charge in [-0.1, -0.05) is 0 Å². The summed E-state index contributed by atoms with van der Waals surface area (Å²) in [6, 6.07) is 0. The van der Waals surface area contributed by atoms with Gasteiger partial charge in [-0.05, 0) is 27.7 Å². The lowest BCUT2D eigenvalue weighted by molar-refractivity contribution is -0.140. The molecule has 0 aromatic heterocycles. The first-order chi connectivity index (χ1) is 10.8. The number of thioether (sulfide) groups is 1. The summed E-state index contributed by atoms with van der Waals surface area (Å²) in [5.41, 5.74) is -2.89. The highest BCUT2D eigenvalue weighted by molar-refractivity contribution is 8.00. The molecular formula is C16H25NO6S. The van der Waals surface area contributed by atoms with Gasteiger partial charge in [0.25, 0.3) is 0 Å². The van der Waals surface area contributed by atoms with Crippen LogP contribution < -0.4 is 0 Å². The first kappa shape index (κ1) is 20.8. The lowest BCUT2D eigenvalue weighted by atomic mass is 10.0. The van der Waals surface area contributed by atoms with E-state index in [0.29, 0.717) is 5.75 Å². The number of hydrogen-bond acceptors (Lipinski definition) is 7. The minimum absolute atomic E-state index is 0.0386. The molecule has 2 amide bonds. The first-order valence-electron chi connectivity index (χ1n) is 7.81. The molecule has 1 unspecified atom stereocenters. The van der Waals surface area contributed by atoms with Gasteiger partial charge in [0, 0.05) is 31.6 Å². The third-order valence-corrected chi connectivity index (χ3v) is 4.99. The molecule has 1 aliphatic rings. The Morgan fingerprint density at radius 1 is 1.08 bits per heavy atom. The van der Waals surface area contributed by atoms with Crippen molar-refractivity contribution in [1.29, 1.82) is 0 Å². The molecule has 1 fully saturated rings. The summed E-state index contributed by atoms with van der Waals surface area (Å²) in [6.07, 6.45) is 0.0653. The van der Waals surface area contributed by atoms with Crippen LogP contribution in [0.25, 0.3) is 0 Å². The Bertz CT molecular complexity index is 532. The summed E-state index contributed by atoms with van der Waals surface area (Å²) >= 11 is 1.21. The monoisotopic (exact) mass is 359 g/mol. The van der Waals surface area contributed by atoms with Crippen molar-refractivity contribution in [1.82, 2.24) is 4.90 Å². The van der Waals surface area contributed by atoms with Crippen LogP contribution in [0.3, 0.4) is 0 Å². The van der Waals surface area contributed by atoms with Crippen LogP contribution in [0.4, 0.5) is 0 Å². The zero-order valence-electron chi connectivity index (χ0n) is 14.5. The minimum Gasteiger partial charge on any atom is -0.383 e. The normalized spacial score (nSPS) is 19.1. The number of carbonyl (C=O) groups excluding carboxylic acids is 4. The van der Waals surface area contributed by atoms with E-state index in [4.69, 9.17) is 0 Å². The van der Waals surface area contributed by atoms with Crippen LogP contribution >= 0.6 is 11.8 Å². The van der Waals surface area contributed by atoms with E-state index in [-0.39, 0.29) is 43.4 Å². The molecule has 0 aromatic carbocycles. The van der Waals surface area contributed by atoms with E-state index in [2.05, 4.69) is 0 Å². The molecule has 0 radical (unpaired) electrons. The van der Waals surface area contributed by atoms with Crippen LogP contribution in [-0.4, -0.2) is 67.2 Å². The van der Waals surface area contributed by atoms with E-state index in [1.54, 1.807) is 0 Å². The predicted octanol–water partition coefficient (Wildman–Crippen LogP) is 0.307. The average Bonchev–Trinajstić information content (AvgIpc) is 2.69. The quantitative estimate of drug-likeness (QED) is 0.570. The van der Waals surface area contributed by atoms with Gasteiger partial charge in [-0.15, -0.1) is 11.8 Å². The van der Waals surface area contributed by atoms with E-state index < -0.39 is 22.2 Å². The summed E-state index contributed by atoms with van der Waals surface area (Å²) in [4.78, 5) is 48.5. The Hall–Kier alpha value is -1.25. The molecule has 0 bridgehead atoms. The maximum atomic E-state index is 12.2. The predicted molar refractivity (Wildman–Crippen MR) is 89.4 cm³/mol. The van der Waals surface area contributed by atoms with Crippen LogP contribution in [0, 0.1) is 0 Å². The van der Waals surface area contributed by atoms with Gasteiger partial charge in [-0.3, -0.25) is 24.1 Å². The number of Topliss-reactive ketones (excluding diaryl/α,β-unsaturated/α-hetero) is 2. The number of imide groups is 1. The summed E-state index contributed by atoms with van der Waals surface area (Å²) in [7, 11) is 0. The molecule has 2 N–H and O–H groups in total. The van der Waals surface area contributed by atoms with Crippen LogP contribution in [0.15, 0.2) is 0 Å². The van der Waals surface area contributed by atoms with Gasteiger partial charge < -0.3 is 10.2 Å². The Morgan fingerprint density at radius 3 is 2.08 bits per heavy atom. The highest BCUT2D eigenvalue weighted by Gasteiger charge is 2.39. The molecule has 0 spiro atoms. The summed E-state index contributed by atoms with van der Waals surface area (Å²) in [5, 5.41) is 18.6. The van der Waals surface area contributed by atoms with E-state index in [1.807, 2.05) is 0 Å². The Balaban J connectivity index is 2.49. The van der Waals surface area contributed by atoms with Crippen LogP contribution in [-0.2, 0) is 19.2 Å². The summed E-state index contributed by atoms with van der Waals surface area (Å²) < 4.78 is 0. The molecule has 136 valence electrons. The SMILES string of the molecule is CC(C)(O)C(=O)CCSC1CC(=O)N(CCC(=O)C(C)(C)O)C1=O. The zero-order chi connectivity index (χ0) is 18.7. The van der Waals surface area contributed by atoms with Gasteiger partial charge in [-0.2, -0.15) is 0 Å². The van der Waals surface area contributed by atoms with Gasteiger partial charge in [0.1, 0.15) is 11.2 Å². The molecule has 0 aliphatic carbocycles. The standard InChI is InChI=1S/C16H25NO6S/c1-15(2,22)11(18)5-7-17-13(20)9-10(14(17)21)24-8-6-12(19)16(3,4)23/h10,22-23H,5-9H2,1-4H3. The molecule has 1 aliphatic heterocycles. The number of hydrogen-bond donors (Lipinski definition) is 2. The topological polar surface area (TPSA) is 112 Å². The third-order valence-electron chi connectivity index (χ3n) is 3.78. The van der Waals surface area contributed by atoms with Crippen LogP contribution in [0.5, 0.6) is 0 Å². The van der Waals surface area contributed by atoms with Gasteiger partial charge in [0.2, 0.25) is 11.8 Å². The van der Waals surface area contributed by atoms with E-state index in [1.165, 1.54) is 39.5 Å². The molecule has 7 nitrogen and oxygen atoms in total. The molecule has 1 saturated heterocycles. The third kappa shape index (κ3) is 5.68. The highest BCUT2D eigenvalue weighted by atomic mass is 32.2. The molecule has 1 rings (SSSR count). The van der Waals surface area contributed by atoms with Crippen molar-refractivity contribution < 1.29 is 29.4 Å². The average molecular weight is 359 g/mol. The second-order valence-electron chi connectivity index (χ2n) is 6.91. The fourth-order valence-corrected chi connectivity index (χ4v) is 3.25. The Labute approximate surface area is 145 Å². The van der Waals surface area contributed by atoms with E-state index in [0.717, 1.165) is 4.90 Å². The molecule has 1 atom stereocenters. The smallest absolute Gasteiger partial charge is 0.242 e. The lowest BCUT2D eigenvalue weighted by Gasteiger charge is -2.19. The molecular weight excluding hydrogens is 334 g/mol. The van der Waals surface area contributed by atoms with Gasteiger partial charge in [0.15, 0.2) is 11.6 Å². The number of likely N-dealkylation sites (tertiary alicyclic amines) is 1. The van der Waals surface area contributed by atoms with Crippen molar-refractivity contribution in [2.24, 2.45) is 0 Å². The van der Waals surface area contributed by atoms with Gasteiger partial charge in [-0.25, -0.2) is 0 Å². The van der Waals surface area contributed by atoms with Crippen molar-refractivity contribution in [2.45, 2.75) is 63.4 Å². The van der Waals surface area contributed by atoms with Gasteiger partial charge >= 0.3 is 0 Å². The summed E-state index contributed by atoms with van der Waals surface area (Å²) in [5.74, 6) is -1.14. The largest absolute Gasteiger partial charge is 0.383 e. The van der Waals surface area contributed by atoms with Crippen molar-refractivity contribution in [3.63, 3.8) is 0 Å². The van der Waals surface area contributed by atoms with Crippen molar-refractivity contribution in [3.05, 3.63) is 0 Å². The fraction of sp³-hybridized carbons (Fsp3) is 0.750. The Kier molecular flexibility index (Phi) is 6.72. The molecule has 1 heterocycles. The Morgan fingerprint density at radius 2 is 1.58 bits per heavy atom. The van der Waals surface area contributed by atoms with Crippen molar-refractivity contribution >= 4 is 35.1 Å². The second-order valence-corrected chi connectivity index (χ2v) is 8.22. The number of carbonyl (C=O) groups is 4. The summed E-state index contributed by atoms with van der Waals surface area (Å²) in [6.45, 7) is 5.50. The second kappa shape index (κ2) is 7.76. The van der Waals surface area contributed by atoms with Crippen molar-refractivity contribution in [2.75, 3.05) is 12.3 Å². The fourth-order valence-electron chi connectivity index (χ4n) is 2.14. The molecule has 8 heteroatoms. The first-order valence-corrected chi connectivity index (χ1v) is 8.86. The number of rotatable bonds is 9. The molecule has 0 aromatic rings. The van der Waals surface area contributed by atoms with Crippen LogP contribution in [0.2, 0.25) is 0 Å². The molecule has 0 saturated carbocycles. The maximum absolute atomic E-state index is 12.2. The maximum Gasteiger partial charge on any atom is 0.242 e. The lowest BCUT2D eigenvalue weighted by Crippen LogP contribution is -2.37. The van der Waals surface area contributed by atoms with E-state index in [9.17, 15) is 29.4 Å². The number of ketones is 2. The molecule has 24 heavy (non-hydrogen) atoms. The van der Waals surface area contributed by atoms with Gasteiger partial charge in [0.05, 0.1) is 5.25 Å². The van der Waals surface area contributed by atoms with Crippen LogP contribution in [0.1, 0.15) is 47.0 Å². The number of aliphatic hydroxyl groups is 2.